The zero-order valence-electron chi connectivity index (χ0n) is 10.8. The number of carboxylic acid groups (broad SMARTS) is 1. The van der Waals surface area contributed by atoms with E-state index in [1.165, 1.54) is 12.1 Å². The van der Waals surface area contributed by atoms with Crippen LogP contribution in [0.1, 0.15) is 41.3 Å². The highest BCUT2D eigenvalue weighted by Gasteiger charge is 2.18. The number of benzene rings is 1. The van der Waals surface area contributed by atoms with Crippen molar-refractivity contribution in [3.63, 3.8) is 0 Å². The lowest BCUT2D eigenvalue weighted by Crippen LogP contribution is -2.18. The van der Waals surface area contributed by atoms with Gasteiger partial charge in [-0.25, -0.2) is 0 Å². The van der Waals surface area contributed by atoms with Crippen LogP contribution in [-0.2, 0) is 4.79 Å². The van der Waals surface area contributed by atoms with Crippen molar-refractivity contribution in [1.82, 2.24) is 0 Å². The van der Waals surface area contributed by atoms with Crippen LogP contribution in [-0.4, -0.2) is 38.5 Å². The van der Waals surface area contributed by atoms with E-state index in [1.54, 1.807) is 12.1 Å². The lowest BCUT2D eigenvalue weighted by molar-refractivity contribution is -0.136. The summed E-state index contributed by atoms with van der Waals surface area (Å²) in [5.41, 5.74) is 0.922. The van der Waals surface area contributed by atoms with Gasteiger partial charge in [0.05, 0.1) is 12.5 Å². The molecular formula is C14H17BrO5. The molecule has 1 rings (SSSR count). The molecule has 0 aromatic heterocycles. The molecule has 6 heteroatoms. The Hall–Kier alpha value is -1.24. The Morgan fingerprint density at radius 3 is 2.20 bits per heavy atom. The van der Waals surface area contributed by atoms with Gasteiger partial charge in [-0.2, -0.15) is 0 Å². The van der Waals surface area contributed by atoms with Crippen LogP contribution < -0.4 is 0 Å². The Labute approximate surface area is 125 Å². The van der Waals surface area contributed by atoms with E-state index in [0.29, 0.717) is 22.9 Å². The minimum absolute atomic E-state index is 0.0521. The number of alkyl halides is 1. The van der Waals surface area contributed by atoms with Crippen molar-refractivity contribution in [2.24, 2.45) is 0 Å². The van der Waals surface area contributed by atoms with Gasteiger partial charge in [0.1, 0.15) is 6.10 Å². The number of aliphatic hydroxyl groups is 2. The molecule has 0 aliphatic heterocycles. The van der Waals surface area contributed by atoms with Crippen LogP contribution in [0.2, 0.25) is 0 Å². The normalized spacial score (nSPS) is 13.8. The smallest absolute Gasteiger partial charge is 0.303 e. The number of hydrogen-bond donors (Lipinski definition) is 3. The number of Topliss-reactive ketones (excluding diaryl/α,β-unsaturated/α-hetero) is 1. The summed E-state index contributed by atoms with van der Waals surface area (Å²) in [6, 6.07) is 6.19. The number of ketones is 1. The summed E-state index contributed by atoms with van der Waals surface area (Å²) < 4.78 is 0. The number of aliphatic hydroxyl groups excluding tert-OH is 2. The molecular weight excluding hydrogens is 328 g/mol. The fourth-order valence-corrected chi connectivity index (χ4v) is 2.19. The van der Waals surface area contributed by atoms with Crippen molar-refractivity contribution in [3.05, 3.63) is 35.4 Å². The molecule has 0 saturated heterocycles. The van der Waals surface area contributed by atoms with Crippen molar-refractivity contribution < 1.29 is 24.9 Å². The third kappa shape index (κ3) is 5.03. The maximum absolute atomic E-state index is 11.7. The molecule has 2 unspecified atom stereocenters. The molecule has 0 aliphatic carbocycles. The van der Waals surface area contributed by atoms with Gasteiger partial charge in [0.25, 0.3) is 0 Å². The second kappa shape index (κ2) is 8.14. The van der Waals surface area contributed by atoms with E-state index in [-0.39, 0.29) is 18.6 Å². The predicted molar refractivity (Wildman–Crippen MR) is 77.0 cm³/mol. The first-order chi connectivity index (χ1) is 9.45. The van der Waals surface area contributed by atoms with Crippen molar-refractivity contribution in [1.29, 1.82) is 0 Å². The van der Waals surface area contributed by atoms with Crippen molar-refractivity contribution >= 4 is 27.7 Å². The molecule has 0 saturated carbocycles. The van der Waals surface area contributed by atoms with Gasteiger partial charge in [-0.05, 0) is 12.0 Å². The first-order valence-corrected chi connectivity index (χ1v) is 7.35. The Morgan fingerprint density at radius 1 is 1.10 bits per heavy atom. The molecule has 0 spiro atoms. The summed E-state index contributed by atoms with van der Waals surface area (Å²) >= 11 is 3.19. The molecule has 1 aromatic carbocycles. The van der Waals surface area contributed by atoms with Gasteiger partial charge >= 0.3 is 5.97 Å². The first-order valence-electron chi connectivity index (χ1n) is 6.22. The number of carboxylic acids is 1. The standard InChI is InChI=1S/C14H17BrO5/c15-8-7-12(17)14(20)10-3-1-9(2-4-10)11(16)5-6-13(18)19/h1-4,12,14,17,20H,5-8H2,(H,18,19). The highest BCUT2D eigenvalue weighted by molar-refractivity contribution is 9.09. The summed E-state index contributed by atoms with van der Waals surface area (Å²) in [5, 5.41) is 28.7. The van der Waals surface area contributed by atoms with E-state index in [9.17, 15) is 19.8 Å². The van der Waals surface area contributed by atoms with Crippen molar-refractivity contribution in [2.45, 2.75) is 31.5 Å². The van der Waals surface area contributed by atoms with Crippen LogP contribution in [0.25, 0.3) is 0 Å². The molecule has 0 radical (unpaired) electrons. The molecule has 3 N–H and O–H groups in total. The number of rotatable bonds is 8. The zero-order valence-corrected chi connectivity index (χ0v) is 12.4. The maximum Gasteiger partial charge on any atom is 0.303 e. The van der Waals surface area contributed by atoms with Gasteiger partial charge in [-0.15, -0.1) is 0 Å². The summed E-state index contributed by atoms with van der Waals surface area (Å²) in [6.07, 6.45) is -1.71. The average Bonchev–Trinajstić information content (AvgIpc) is 2.44. The van der Waals surface area contributed by atoms with Gasteiger partial charge in [-0.3, -0.25) is 9.59 Å². The second-order valence-corrected chi connectivity index (χ2v) is 5.22. The largest absolute Gasteiger partial charge is 0.481 e. The third-order valence-electron chi connectivity index (χ3n) is 2.91. The SMILES string of the molecule is O=C(O)CCC(=O)c1ccc(C(O)C(O)CCBr)cc1. The molecule has 5 nitrogen and oxygen atoms in total. The van der Waals surface area contributed by atoms with Gasteiger partial charge in [0.2, 0.25) is 0 Å². The molecule has 0 aliphatic rings. The van der Waals surface area contributed by atoms with Crippen LogP contribution in [0.5, 0.6) is 0 Å². The van der Waals surface area contributed by atoms with E-state index in [0.717, 1.165) is 0 Å². The number of carbonyl (C=O) groups excluding carboxylic acids is 1. The van der Waals surface area contributed by atoms with Crippen LogP contribution in [0.4, 0.5) is 0 Å². The molecule has 2 atom stereocenters. The second-order valence-electron chi connectivity index (χ2n) is 4.43. The maximum atomic E-state index is 11.7. The van der Waals surface area contributed by atoms with Crippen LogP contribution >= 0.6 is 15.9 Å². The molecule has 0 amide bonds. The zero-order chi connectivity index (χ0) is 15.1. The first kappa shape index (κ1) is 16.8. The molecule has 1 aromatic rings. The third-order valence-corrected chi connectivity index (χ3v) is 3.37. The Morgan fingerprint density at radius 2 is 1.70 bits per heavy atom. The fourth-order valence-electron chi connectivity index (χ4n) is 1.72. The van der Waals surface area contributed by atoms with Crippen molar-refractivity contribution in [3.8, 4) is 0 Å². The highest BCUT2D eigenvalue weighted by Crippen LogP contribution is 2.20. The van der Waals surface area contributed by atoms with E-state index >= 15 is 0 Å². The van der Waals surface area contributed by atoms with Gasteiger partial charge in [0, 0.05) is 17.3 Å². The summed E-state index contributed by atoms with van der Waals surface area (Å²) in [7, 11) is 0. The number of aliphatic carboxylic acids is 1. The number of hydrogen-bond acceptors (Lipinski definition) is 4. The summed E-state index contributed by atoms with van der Waals surface area (Å²) in [6.45, 7) is 0. The predicted octanol–water partition coefficient (Wildman–Crippen LogP) is 1.91. The van der Waals surface area contributed by atoms with Gasteiger partial charge in [0.15, 0.2) is 5.78 Å². The van der Waals surface area contributed by atoms with E-state index in [2.05, 4.69) is 15.9 Å². The van der Waals surface area contributed by atoms with Crippen LogP contribution in [0.3, 0.4) is 0 Å². The molecule has 0 fully saturated rings. The highest BCUT2D eigenvalue weighted by atomic mass is 79.9. The lowest BCUT2D eigenvalue weighted by atomic mass is 9.99. The fraction of sp³-hybridized carbons (Fsp3) is 0.429. The lowest BCUT2D eigenvalue weighted by Gasteiger charge is -2.17. The van der Waals surface area contributed by atoms with E-state index in [1.807, 2.05) is 0 Å². The molecule has 110 valence electrons. The van der Waals surface area contributed by atoms with E-state index in [4.69, 9.17) is 5.11 Å². The Kier molecular flexibility index (Phi) is 6.84. The molecule has 0 bridgehead atoms. The Bertz CT molecular complexity index is 457. The minimum Gasteiger partial charge on any atom is -0.481 e. The Balaban J connectivity index is 2.68. The van der Waals surface area contributed by atoms with Crippen LogP contribution in [0, 0.1) is 0 Å². The monoisotopic (exact) mass is 344 g/mol. The van der Waals surface area contributed by atoms with Gasteiger partial charge < -0.3 is 15.3 Å². The number of halogens is 1. The summed E-state index contributed by atoms with van der Waals surface area (Å²) in [4.78, 5) is 22.1. The minimum atomic E-state index is -1.01. The van der Waals surface area contributed by atoms with Crippen LogP contribution in [0.15, 0.2) is 24.3 Å². The van der Waals surface area contributed by atoms with E-state index < -0.39 is 18.2 Å². The quantitative estimate of drug-likeness (QED) is 0.494. The topological polar surface area (TPSA) is 94.8 Å². The average molecular weight is 345 g/mol. The van der Waals surface area contributed by atoms with Crippen molar-refractivity contribution in [2.75, 3.05) is 5.33 Å². The number of carbonyl (C=O) groups is 2. The molecule has 0 heterocycles. The van der Waals surface area contributed by atoms with Gasteiger partial charge in [-0.1, -0.05) is 40.2 Å². The molecule has 20 heavy (non-hydrogen) atoms. The summed E-state index contributed by atoms with van der Waals surface area (Å²) in [5.74, 6) is -1.27.